The van der Waals surface area contributed by atoms with E-state index in [0.717, 1.165) is 10.5 Å². The number of aliphatic hydroxyl groups excluding tert-OH is 1. The number of hydrogen-bond acceptors (Lipinski definition) is 3. The molecule has 2 aromatic rings. The Morgan fingerprint density at radius 1 is 1.14 bits per heavy atom. The van der Waals surface area contributed by atoms with E-state index in [1.807, 2.05) is 54.8 Å². The maximum absolute atomic E-state index is 12.3. The molecule has 0 aliphatic carbocycles. The highest BCUT2D eigenvalue weighted by Crippen LogP contribution is 2.19. The summed E-state index contributed by atoms with van der Waals surface area (Å²) in [5, 5.41) is 12.4. The quantitative estimate of drug-likeness (QED) is 0.807. The van der Waals surface area contributed by atoms with Crippen molar-refractivity contribution in [2.24, 2.45) is 0 Å². The fourth-order valence-electron chi connectivity index (χ4n) is 2.16. The van der Waals surface area contributed by atoms with Crippen molar-refractivity contribution in [3.8, 4) is 0 Å². The zero-order chi connectivity index (χ0) is 15.1. The second kappa shape index (κ2) is 7.86. The molecule has 3 nitrogen and oxygen atoms in total. The Kier molecular flexibility index (Phi) is 5.84. The van der Waals surface area contributed by atoms with E-state index in [0.29, 0.717) is 12.0 Å². The third-order valence-corrected chi connectivity index (χ3v) is 4.03. The van der Waals surface area contributed by atoms with E-state index < -0.39 is 0 Å². The van der Waals surface area contributed by atoms with Crippen molar-refractivity contribution in [2.45, 2.75) is 17.4 Å². The molecule has 0 saturated heterocycles. The molecule has 0 aliphatic heterocycles. The summed E-state index contributed by atoms with van der Waals surface area (Å²) in [4.78, 5) is 13.3. The Labute approximate surface area is 129 Å². The first kappa shape index (κ1) is 15.6. The molecule has 1 amide bonds. The number of thioether (sulfide) groups is 1. The number of carbonyl (C=O) groups excluding carboxylic acids is 1. The molecule has 4 heteroatoms. The van der Waals surface area contributed by atoms with Gasteiger partial charge in [0.25, 0.3) is 5.91 Å². The van der Waals surface area contributed by atoms with Gasteiger partial charge in [-0.2, -0.15) is 0 Å². The molecule has 0 aliphatic rings. The van der Waals surface area contributed by atoms with E-state index in [-0.39, 0.29) is 18.6 Å². The summed E-state index contributed by atoms with van der Waals surface area (Å²) in [6.45, 7) is -0.0813. The Balaban J connectivity index is 2.06. The van der Waals surface area contributed by atoms with Crippen LogP contribution in [-0.2, 0) is 6.42 Å². The normalized spacial score (nSPS) is 11.9. The van der Waals surface area contributed by atoms with Gasteiger partial charge in [0.2, 0.25) is 0 Å². The predicted molar refractivity (Wildman–Crippen MR) is 86.7 cm³/mol. The van der Waals surface area contributed by atoms with Crippen LogP contribution in [0.1, 0.15) is 15.9 Å². The number of carbonyl (C=O) groups is 1. The predicted octanol–water partition coefficient (Wildman–Crippen LogP) is 2.74. The summed E-state index contributed by atoms with van der Waals surface area (Å²) >= 11 is 1.54. The maximum Gasteiger partial charge on any atom is 0.252 e. The number of benzene rings is 2. The van der Waals surface area contributed by atoms with Crippen LogP contribution in [0.5, 0.6) is 0 Å². The monoisotopic (exact) mass is 301 g/mol. The number of nitrogens with one attached hydrogen (secondary N) is 1. The van der Waals surface area contributed by atoms with Crippen LogP contribution in [0.3, 0.4) is 0 Å². The van der Waals surface area contributed by atoms with Crippen molar-refractivity contribution in [3.05, 3.63) is 65.7 Å². The summed E-state index contributed by atoms with van der Waals surface area (Å²) in [5.74, 6) is -0.144. The fraction of sp³-hybridized carbons (Fsp3) is 0.235. The van der Waals surface area contributed by atoms with Gasteiger partial charge in [-0.1, -0.05) is 42.5 Å². The first-order valence-corrected chi connectivity index (χ1v) is 8.05. The van der Waals surface area contributed by atoms with Gasteiger partial charge in [0.15, 0.2) is 0 Å². The minimum atomic E-state index is -0.283. The highest BCUT2D eigenvalue weighted by Gasteiger charge is 2.15. The summed E-state index contributed by atoms with van der Waals surface area (Å²) < 4.78 is 0. The molecule has 2 N–H and O–H groups in total. The number of hydrogen-bond donors (Lipinski definition) is 2. The fourth-order valence-corrected chi connectivity index (χ4v) is 2.75. The zero-order valence-electron chi connectivity index (χ0n) is 12.0. The maximum atomic E-state index is 12.3. The molecule has 21 heavy (non-hydrogen) atoms. The first-order valence-electron chi connectivity index (χ1n) is 6.83. The average Bonchev–Trinajstić information content (AvgIpc) is 2.55. The van der Waals surface area contributed by atoms with Gasteiger partial charge in [-0.25, -0.2) is 0 Å². The van der Waals surface area contributed by atoms with Gasteiger partial charge in [-0.15, -0.1) is 11.8 Å². The molecule has 0 bridgehead atoms. The lowest BCUT2D eigenvalue weighted by Gasteiger charge is -2.17. The molecule has 0 spiro atoms. The molecular formula is C17H19NO2S. The third-order valence-electron chi connectivity index (χ3n) is 3.23. The van der Waals surface area contributed by atoms with Crippen LogP contribution >= 0.6 is 11.8 Å². The van der Waals surface area contributed by atoms with Crippen LogP contribution in [0, 0.1) is 0 Å². The van der Waals surface area contributed by atoms with Crippen molar-refractivity contribution in [1.82, 2.24) is 5.32 Å². The van der Waals surface area contributed by atoms with Crippen LogP contribution in [0.4, 0.5) is 0 Å². The standard InChI is InChI=1S/C17H19NO2S/c1-21-16-10-6-5-9-15(16)17(20)18-14(12-19)11-13-7-3-2-4-8-13/h2-10,14,19H,11-12H2,1H3,(H,18,20)/t14-/m0/s1. The molecule has 0 saturated carbocycles. The van der Waals surface area contributed by atoms with E-state index >= 15 is 0 Å². The Hall–Kier alpha value is -1.78. The van der Waals surface area contributed by atoms with E-state index in [1.54, 1.807) is 6.07 Å². The number of aliphatic hydroxyl groups is 1. The van der Waals surface area contributed by atoms with Gasteiger partial charge < -0.3 is 10.4 Å². The molecule has 0 fully saturated rings. The van der Waals surface area contributed by atoms with Crippen LogP contribution in [0.15, 0.2) is 59.5 Å². The number of rotatable bonds is 6. The molecule has 0 aromatic heterocycles. The Morgan fingerprint density at radius 3 is 2.48 bits per heavy atom. The summed E-state index contributed by atoms with van der Waals surface area (Å²) in [6.07, 6.45) is 2.56. The molecule has 2 rings (SSSR count). The zero-order valence-corrected chi connectivity index (χ0v) is 12.8. The lowest BCUT2D eigenvalue weighted by Crippen LogP contribution is -2.39. The van der Waals surface area contributed by atoms with Crippen molar-refractivity contribution >= 4 is 17.7 Å². The second-order valence-electron chi connectivity index (χ2n) is 4.74. The molecule has 1 atom stereocenters. The summed E-state index contributed by atoms with van der Waals surface area (Å²) in [7, 11) is 0. The van der Waals surface area contributed by atoms with Crippen LogP contribution in [0.2, 0.25) is 0 Å². The molecule has 0 radical (unpaired) electrons. The van der Waals surface area contributed by atoms with E-state index in [4.69, 9.17) is 0 Å². The minimum Gasteiger partial charge on any atom is -0.394 e. The molecule has 0 unspecified atom stereocenters. The van der Waals surface area contributed by atoms with Crippen molar-refractivity contribution in [2.75, 3.05) is 12.9 Å². The molecule has 110 valence electrons. The van der Waals surface area contributed by atoms with Gasteiger partial charge >= 0.3 is 0 Å². The van der Waals surface area contributed by atoms with Crippen LogP contribution in [0.25, 0.3) is 0 Å². The Bertz CT molecular complexity index is 586. The van der Waals surface area contributed by atoms with Crippen molar-refractivity contribution < 1.29 is 9.90 Å². The van der Waals surface area contributed by atoms with Gasteiger partial charge in [0.1, 0.15) is 0 Å². The highest BCUT2D eigenvalue weighted by molar-refractivity contribution is 7.98. The van der Waals surface area contributed by atoms with Crippen molar-refractivity contribution in [3.63, 3.8) is 0 Å². The third kappa shape index (κ3) is 4.34. The van der Waals surface area contributed by atoms with Gasteiger partial charge in [-0.3, -0.25) is 4.79 Å². The van der Waals surface area contributed by atoms with E-state index in [2.05, 4.69) is 5.32 Å². The Morgan fingerprint density at radius 2 is 1.81 bits per heavy atom. The van der Waals surface area contributed by atoms with Gasteiger partial charge in [0.05, 0.1) is 18.2 Å². The minimum absolute atomic E-state index is 0.0813. The highest BCUT2D eigenvalue weighted by atomic mass is 32.2. The van der Waals surface area contributed by atoms with E-state index in [9.17, 15) is 9.90 Å². The second-order valence-corrected chi connectivity index (χ2v) is 5.59. The van der Waals surface area contributed by atoms with Crippen molar-refractivity contribution in [1.29, 1.82) is 0 Å². The average molecular weight is 301 g/mol. The van der Waals surface area contributed by atoms with Gasteiger partial charge in [-0.05, 0) is 30.4 Å². The van der Waals surface area contributed by atoms with E-state index in [1.165, 1.54) is 11.8 Å². The SMILES string of the molecule is CSc1ccccc1C(=O)N[C@H](CO)Cc1ccccc1. The summed E-state index contributed by atoms with van der Waals surface area (Å²) in [5.41, 5.74) is 1.74. The topological polar surface area (TPSA) is 49.3 Å². The molecule has 2 aromatic carbocycles. The molecular weight excluding hydrogens is 282 g/mol. The van der Waals surface area contributed by atoms with Gasteiger partial charge in [0, 0.05) is 4.90 Å². The van der Waals surface area contributed by atoms with Crippen LogP contribution in [-0.4, -0.2) is 29.9 Å². The summed E-state index contributed by atoms with van der Waals surface area (Å²) in [6, 6.07) is 17.0. The number of amides is 1. The smallest absolute Gasteiger partial charge is 0.252 e. The van der Waals surface area contributed by atoms with Crippen LogP contribution < -0.4 is 5.32 Å². The lowest BCUT2D eigenvalue weighted by molar-refractivity contribution is 0.0913. The molecule has 0 heterocycles. The largest absolute Gasteiger partial charge is 0.394 e. The first-order chi connectivity index (χ1) is 10.2. The lowest BCUT2D eigenvalue weighted by atomic mass is 10.1.